The second-order valence-corrected chi connectivity index (χ2v) is 6.44. The van der Waals surface area contributed by atoms with Crippen LogP contribution in [0.2, 0.25) is 0 Å². The fourth-order valence-electron chi connectivity index (χ4n) is 3.00. The average molecular weight is 279 g/mol. The SMILES string of the molecule is CC(C)CCCCNC(=O)N1CCC(N2CC=CC2)C1. The van der Waals surface area contributed by atoms with Crippen LogP contribution in [0.5, 0.6) is 0 Å². The molecule has 0 spiro atoms. The Kier molecular flexibility index (Phi) is 5.89. The first kappa shape index (κ1) is 15.4. The van der Waals surface area contributed by atoms with Crippen LogP contribution < -0.4 is 5.32 Å². The number of carbonyl (C=O) groups excluding carboxylic acids is 1. The lowest BCUT2D eigenvalue weighted by molar-refractivity contribution is 0.200. The number of rotatable bonds is 6. The van der Waals surface area contributed by atoms with E-state index in [9.17, 15) is 4.79 Å². The lowest BCUT2D eigenvalue weighted by atomic mass is 10.1. The number of likely N-dealkylation sites (tertiary alicyclic amines) is 1. The summed E-state index contributed by atoms with van der Waals surface area (Å²) in [7, 11) is 0. The van der Waals surface area contributed by atoms with Crippen LogP contribution >= 0.6 is 0 Å². The summed E-state index contributed by atoms with van der Waals surface area (Å²) in [5.41, 5.74) is 0. The van der Waals surface area contributed by atoms with Gasteiger partial charge in [-0.2, -0.15) is 0 Å². The van der Waals surface area contributed by atoms with Gasteiger partial charge in [-0.1, -0.05) is 38.8 Å². The van der Waals surface area contributed by atoms with Gasteiger partial charge in [-0.15, -0.1) is 0 Å². The van der Waals surface area contributed by atoms with Crippen molar-refractivity contribution in [3.8, 4) is 0 Å². The van der Waals surface area contributed by atoms with E-state index < -0.39 is 0 Å². The van der Waals surface area contributed by atoms with Gasteiger partial charge >= 0.3 is 6.03 Å². The monoisotopic (exact) mass is 279 g/mol. The normalized spacial score (nSPS) is 22.9. The highest BCUT2D eigenvalue weighted by Crippen LogP contribution is 2.17. The van der Waals surface area contributed by atoms with Crippen molar-refractivity contribution in [3.63, 3.8) is 0 Å². The minimum absolute atomic E-state index is 0.129. The Bertz CT molecular complexity index is 333. The molecule has 0 aromatic rings. The molecule has 1 fully saturated rings. The van der Waals surface area contributed by atoms with E-state index in [1.165, 1.54) is 12.8 Å². The number of amides is 2. The highest BCUT2D eigenvalue weighted by molar-refractivity contribution is 5.74. The fourth-order valence-corrected chi connectivity index (χ4v) is 3.00. The quantitative estimate of drug-likeness (QED) is 0.599. The van der Waals surface area contributed by atoms with Crippen LogP contribution in [0.4, 0.5) is 4.79 Å². The molecule has 20 heavy (non-hydrogen) atoms. The van der Waals surface area contributed by atoms with E-state index in [4.69, 9.17) is 0 Å². The number of unbranched alkanes of at least 4 members (excludes halogenated alkanes) is 1. The van der Waals surface area contributed by atoms with Gasteiger partial charge in [0.25, 0.3) is 0 Å². The summed E-state index contributed by atoms with van der Waals surface area (Å²) < 4.78 is 0. The zero-order valence-corrected chi connectivity index (χ0v) is 13.0. The van der Waals surface area contributed by atoms with Crippen LogP contribution in [0.15, 0.2) is 12.2 Å². The van der Waals surface area contributed by atoms with Gasteiger partial charge < -0.3 is 10.2 Å². The molecule has 2 heterocycles. The van der Waals surface area contributed by atoms with Crippen LogP contribution in [-0.2, 0) is 0 Å². The molecule has 1 unspecified atom stereocenters. The molecular weight excluding hydrogens is 250 g/mol. The maximum absolute atomic E-state index is 12.1. The van der Waals surface area contributed by atoms with Gasteiger partial charge in [0.15, 0.2) is 0 Å². The van der Waals surface area contributed by atoms with Crippen molar-refractivity contribution < 1.29 is 4.79 Å². The van der Waals surface area contributed by atoms with Crippen molar-refractivity contribution in [2.45, 2.75) is 45.6 Å². The lowest BCUT2D eigenvalue weighted by Gasteiger charge is -2.23. The van der Waals surface area contributed by atoms with E-state index in [0.29, 0.717) is 6.04 Å². The molecule has 2 aliphatic rings. The van der Waals surface area contributed by atoms with Crippen molar-refractivity contribution in [1.29, 1.82) is 0 Å². The van der Waals surface area contributed by atoms with Crippen LogP contribution in [0.1, 0.15) is 39.5 Å². The standard InChI is InChI=1S/C16H29N3O/c1-14(2)7-3-4-9-17-16(20)19-12-8-15(13-19)18-10-5-6-11-18/h5-6,14-15H,3-4,7-13H2,1-2H3,(H,17,20). The van der Waals surface area contributed by atoms with Gasteiger partial charge in [0, 0.05) is 38.8 Å². The molecule has 114 valence electrons. The van der Waals surface area contributed by atoms with Crippen molar-refractivity contribution >= 4 is 6.03 Å². The van der Waals surface area contributed by atoms with E-state index >= 15 is 0 Å². The van der Waals surface area contributed by atoms with Crippen LogP contribution in [-0.4, -0.2) is 54.6 Å². The number of carbonyl (C=O) groups is 1. The number of nitrogens with zero attached hydrogens (tertiary/aromatic N) is 2. The molecule has 4 heteroatoms. The van der Waals surface area contributed by atoms with Gasteiger partial charge in [-0.25, -0.2) is 4.79 Å². The highest BCUT2D eigenvalue weighted by Gasteiger charge is 2.30. The van der Waals surface area contributed by atoms with Crippen LogP contribution in [0, 0.1) is 5.92 Å². The third kappa shape index (κ3) is 4.51. The third-order valence-electron chi connectivity index (χ3n) is 4.30. The van der Waals surface area contributed by atoms with E-state index in [2.05, 4.69) is 36.2 Å². The summed E-state index contributed by atoms with van der Waals surface area (Å²) in [4.78, 5) is 16.5. The topological polar surface area (TPSA) is 35.6 Å². The molecule has 1 N–H and O–H groups in total. The predicted molar refractivity (Wildman–Crippen MR) is 82.8 cm³/mol. The summed E-state index contributed by atoms with van der Waals surface area (Å²) in [5.74, 6) is 0.763. The average Bonchev–Trinajstić information content (AvgIpc) is 3.08. The Morgan fingerprint density at radius 2 is 2.05 bits per heavy atom. The minimum atomic E-state index is 0.129. The Morgan fingerprint density at radius 1 is 1.30 bits per heavy atom. The predicted octanol–water partition coefficient (Wildman–Crippen LogP) is 2.47. The van der Waals surface area contributed by atoms with Crippen molar-refractivity contribution in [3.05, 3.63) is 12.2 Å². The minimum Gasteiger partial charge on any atom is -0.338 e. The van der Waals surface area contributed by atoms with Crippen molar-refractivity contribution in [2.24, 2.45) is 5.92 Å². The van der Waals surface area contributed by atoms with E-state index in [1.54, 1.807) is 0 Å². The molecule has 2 amide bonds. The Labute approximate surface area is 123 Å². The summed E-state index contributed by atoms with van der Waals surface area (Å²) >= 11 is 0. The maximum atomic E-state index is 12.1. The summed E-state index contributed by atoms with van der Waals surface area (Å²) in [6.07, 6.45) is 9.11. The number of nitrogens with one attached hydrogen (secondary N) is 1. The van der Waals surface area contributed by atoms with Crippen molar-refractivity contribution in [2.75, 3.05) is 32.7 Å². The summed E-state index contributed by atoms with van der Waals surface area (Å²) in [6, 6.07) is 0.681. The molecule has 1 saturated heterocycles. The molecule has 0 aliphatic carbocycles. The molecule has 1 atom stereocenters. The number of hydrogen-bond acceptors (Lipinski definition) is 2. The van der Waals surface area contributed by atoms with Gasteiger partial charge in [-0.05, 0) is 18.8 Å². The summed E-state index contributed by atoms with van der Waals surface area (Å²) in [6.45, 7) is 9.20. The Balaban J connectivity index is 1.59. The molecule has 0 radical (unpaired) electrons. The molecule has 0 saturated carbocycles. The highest BCUT2D eigenvalue weighted by atomic mass is 16.2. The van der Waals surface area contributed by atoms with Gasteiger partial charge in [-0.3, -0.25) is 4.90 Å². The number of hydrogen-bond donors (Lipinski definition) is 1. The molecule has 2 rings (SSSR count). The molecule has 0 bridgehead atoms. The third-order valence-corrected chi connectivity index (χ3v) is 4.30. The first-order valence-electron chi connectivity index (χ1n) is 8.08. The second-order valence-electron chi connectivity index (χ2n) is 6.44. The zero-order valence-electron chi connectivity index (χ0n) is 13.0. The van der Waals surface area contributed by atoms with Crippen LogP contribution in [0.25, 0.3) is 0 Å². The van der Waals surface area contributed by atoms with E-state index in [-0.39, 0.29) is 6.03 Å². The zero-order chi connectivity index (χ0) is 14.4. The first-order chi connectivity index (χ1) is 9.66. The van der Waals surface area contributed by atoms with Gasteiger partial charge in [0.2, 0.25) is 0 Å². The van der Waals surface area contributed by atoms with Gasteiger partial charge in [0.05, 0.1) is 0 Å². The Hall–Kier alpha value is -1.03. The molecule has 4 nitrogen and oxygen atoms in total. The molecule has 0 aromatic carbocycles. The Morgan fingerprint density at radius 3 is 2.75 bits per heavy atom. The number of urea groups is 1. The largest absolute Gasteiger partial charge is 0.338 e. The smallest absolute Gasteiger partial charge is 0.317 e. The van der Waals surface area contributed by atoms with Crippen molar-refractivity contribution in [1.82, 2.24) is 15.1 Å². The second kappa shape index (κ2) is 7.67. The molecule has 0 aromatic heterocycles. The molecular formula is C16H29N3O. The first-order valence-corrected chi connectivity index (χ1v) is 8.08. The van der Waals surface area contributed by atoms with E-state index in [1.807, 2.05) is 4.90 Å². The van der Waals surface area contributed by atoms with Gasteiger partial charge in [0.1, 0.15) is 0 Å². The lowest BCUT2D eigenvalue weighted by Crippen LogP contribution is -2.42. The van der Waals surface area contributed by atoms with Crippen LogP contribution in [0.3, 0.4) is 0 Å². The fraction of sp³-hybridized carbons (Fsp3) is 0.812. The maximum Gasteiger partial charge on any atom is 0.317 e. The van der Waals surface area contributed by atoms with E-state index in [0.717, 1.165) is 51.5 Å². The molecule has 2 aliphatic heterocycles. The summed E-state index contributed by atoms with van der Waals surface area (Å²) in [5, 5.41) is 3.06.